The summed E-state index contributed by atoms with van der Waals surface area (Å²) in [6.07, 6.45) is 0. The van der Waals surface area contributed by atoms with Crippen molar-refractivity contribution in [2.45, 2.75) is 0 Å². The second-order valence-electron chi connectivity index (χ2n) is 0. The molecule has 0 aromatic carbocycles. The van der Waals surface area contributed by atoms with E-state index in [4.69, 9.17) is 23.7 Å². The van der Waals surface area contributed by atoms with Gasteiger partial charge in [0.05, 0.1) is 0 Å². The molecule has 0 amide bonds. The van der Waals surface area contributed by atoms with Crippen molar-refractivity contribution in [2.24, 2.45) is 0 Å². The van der Waals surface area contributed by atoms with Gasteiger partial charge in [-0.2, -0.15) is 0 Å². The average molecular weight is 176 g/mol. The van der Waals surface area contributed by atoms with E-state index in [0.717, 1.165) is 0 Å². The maximum Gasteiger partial charge on any atom is 2.00 e. The Morgan fingerprint density at radius 3 is 0.833 bits per heavy atom. The van der Waals surface area contributed by atoms with Gasteiger partial charge in [0.25, 0.3) is 0 Å². The minimum Gasteiger partial charge on any atom is -0.512 e. The first-order valence-corrected chi connectivity index (χ1v) is 0.447. The summed E-state index contributed by atoms with van der Waals surface area (Å²) < 4.78 is 0. The fraction of sp³-hybridized carbons (Fsp3) is 0. The minimum atomic E-state index is 0. The van der Waals surface area contributed by atoms with E-state index < -0.39 is 0 Å². The average Bonchev–Trinajstić information content (AvgIpc) is 1.50. The van der Waals surface area contributed by atoms with Crippen LogP contribution >= 0.6 is 0 Å². The molecular weight excluding hydrogens is 176 g/mol. The van der Waals surface area contributed by atoms with Gasteiger partial charge >= 0.3 is 16.8 Å². The van der Waals surface area contributed by atoms with Crippen molar-refractivity contribution in [3.8, 4) is 0 Å². The van der Waals surface area contributed by atoms with Gasteiger partial charge in [-0.15, -0.1) is 0 Å². The van der Waals surface area contributed by atoms with Crippen LogP contribution in [-0.2, 0) is 36.3 Å². The number of hydrogen-bond donors (Lipinski definition) is 0. The van der Waals surface area contributed by atoms with Crippen LogP contribution in [0.15, 0.2) is 0 Å². The second-order valence-corrected chi connectivity index (χ2v) is 0. The van der Waals surface area contributed by atoms with E-state index in [2.05, 4.69) is 0 Å². The predicted molar refractivity (Wildman–Crippen MR) is 9.94 cm³/mol. The van der Waals surface area contributed by atoms with Gasteiger partial charge in [0, 0.05) is 19.5 Å². The summed E-state index contributed by atoms with van der Waals surface area (Å²) in [5.41, 5.74) is 0. The predicted octanol–water partition coefficient (Wildman–Crippen LogP) is 0.188. The van der Waals surface area contributed by atoms with Gasteiger partial charge < -0.3 is 23.7 Å². The summed E-state index contributed by atoms with van der Waals surface area (Å²) in [6, 6.07) is 0. The van der Waals surface area contributed by atoms with Crippen molar-refractivity contribution < 1.29 is 36.3 Å². The Morgan fingerprint density at radius 2 is 0.833 bits per heavy atom. The molecule has 0 aliphatic rings. The Morgan fingerprint density at radius 1 is 0.833 bits per heavy atom. The molecule has 6 heavy (non-hydrogen) atoms. The van der Waals surface area contributed by atoms with Crippen LogP contribution < -0.4 is 0 Å². The van der Waals surface area contributed by atoms with Crippen molar-refractivity contribution >= 4 is 0 Å². The summed E-state index contributed by atoms with van der Waals surface area (Å²) in [5, 5.41) is 12.5. The molecule has 0 fully saturated rings. The minimum absolute atomic E-state index is 0. The molecule has 0 unspecified atom stereocenters. The Labute approximate surface area is 60.1 Å². The number of hydrogen-bond acceptors (Lipinski definition) is 2. The molecule has 2 nitrogen and oxygen atoms in total. The third-order valence-electron chi connectivity index (χ3n) is 0. The van der Waals surface area contributed by atoms with E-state index in [0.29, 0.717) is 0 Å². The molecule has 29 valence electrons. The van der Waals surface area contributed by atoms with E-state index in [1.807, 2.05) is 0 Å². The van der Waals surface area contributed by atoms with Crippen LogP contribution in [0, 0.1) is 23.7 Å². The quantitative estimate of drug-likeness (QED) is 0.391. The van der Waals surface area contributed by atoms with E-state index in [1.165, 1.54) is 0 Å². The Kier molecular flexibility index (Phi) is 42700. The molecule has 0 heterocycles. The Hall–Kier alpha value is 0.110. The summed E-state index contributed by atoms with van der Waals surface area (Å²) in [5.74, 6) is 0. The summed E-state index contributed by atoms with van der Waals surface area (Å²) in [4.78, 5) is 0. The van der Waals surface area contributed by atoms with Crippen molar-refractivity contribution in [3.05, 3.63) is 13.1 Å². The maximum absolute atomic E-state index is 6.25. The fourth-order valence-corrected chi connectivity index (χ4v) is 0. The fourth-order valence-electron chi connectivity index (χ4n) is 0. The third kappa shape index (κ3) is 3290. The maximum atomic E-state index is 6.25. The first-order valence-electron chi connectivity index (χ1n) is 0.447. The molecule has 0 aliphatic carbocycles. The van der Waals surface area contributed by atoms with Gasteiger partial charge in [-0.25, -0.2) is 0 Å². The van der Waals surface area contributed by atoms with Crippen molar-refractivity contribution in [1.82, 2.24) is 0 Å². The molecule has 0 spiro atoms. The van der Waals surface area contributed by atoms with Crippen LogP contribution in [0.2, 0.25) is 0 Å². The van der Waals surface area contributed by atoms with Gasteiger partial charge in [0.15, 0.2) is 0 Å². The molecule has 0 aliphatic heterocycles. The van der Waals surface area contributed by atoms with Crippen LogP contribution in [0.4, 0.5) is 0 Å². The molecule has 0 saturated carbocycles. The van der Waals surface area contributed by atoms with Crippen LogP contribution in [0.5, 0.6) is 0 Å². The van der Waals surface area contributed by atoms with Gasteiger partial charge in [0.1, 0.15) is 0 Å². The van der Waals surface area contributed by atoms with Gasteiger partial charge in [-0.1, -0.05) is 0 Å². The molecule has 0 aromatic rings. The van der Waals surface area contributed by atoms with Crippen molar-refractivity contribution in [1.29, 1.82) is 10.5 Å². The third-order valence-corrected chi connectivity index (χ3v) is 0. The number of nitrogens with zero attached hydrogens (tertiary/aromatic N) is 2. The van der Waals surface area contributed by atoms with Gasteiger partial charge in [-0.05, 0) is 0 Å². The Balaban J connectivity index is -0.00000000500. The summed E-state index contributed by atoms with van der Waals surface area (Å²) in [7, 11) is 0. The molecule has 1 radical (unpaired) electrons. The van der Waals surface area contributed by atoms with E-state index >= 15 is 0 Å². The zero-order valence-corrected chi connectivity index (χ0v) is 6.94. The zero-order chi connectivity index (χ0) is 4.00. The molecule has 4 heteroatoms. The molecular formula is C2CoN2Zn. The smallest absolute Gasteiger partial charge is 0.512 e. The summed E-state index contributed by atoms with van der Waals surface area (Å²) in [6.45, 7) is 9.50. The second kappa shape index (κ2) is 7150. The molecule has 0 aromatic heterocycles. The standard InChI is InChI=1S/2CN.Co.Zn/c2*1-2;;/q2*-1;+2;. The molecule has 0 bridgehead atoms. The molecule has 0 atom stereocenters. The monoisotopic (exact) mass is 175 g/mol. The van der Waals surface area contributed by atoms with Crippen LogP contribution in [0.25, 0.3) is 0 Å². The SMILES string of the molecule is [C-]#N.[C-]#N.[Co+2].[Zn]. The van der Waals surface area contributed by atoms with Gasteiger partial charge in [0.2, 0.25) is 0 Å². The normalized spacial score (nSPS) is 0.667. The molecule has 0 saturated heterocycles. The Bertz CT molecular complexity index is 27.0. The van der Waals surface area contributed by atoms with Crippen LogP contribution in [-0.4, -0.2) is 0 Å². The van der Waals surface area contributed by atoms with E-state index in [1.54, 1.807) is 0 Å². The van der Waals surface area contributed by atoms with E-state index in [-0.39, 0.29) is 36.3 Å². The van der Waals surface area contributed by atoms with Crippen molar-refractivity contribution in [3.63, 3.8) is 0 Å². The van der Waals surface area contributed by atoms with Crippen LogP contribution in [0.3, 0.4) is 0 Å². The van der Waals surface area contributed by atoms with Crippen LogP contribution in [0.1, 0.15) is 0 Å². The topological polar surface area (TPSA) is 47.6 Å². The first kappa shape index (κ1) is 35.8. The van der Waals surface area contributed by atoms with E-state index in [9.17, 15) is 0 Å². The molecule has 0 N–H and O–H groups in total. The zero-order valence-electron chi connectivity index (χ0n) is 2.93. The summed E-state index contributed by atoms with van der Waals surface area (Å²) >= 11 is 0. The van der Waals surface area contributed by atoms with Crippen molar-refractivity contribution in [2.75, 3.05) is 0 Å². The number of rotatable bonds is 0. The molecule has 0 rings (SSSR count). The largest absolute Gasteiger partial charge is 2.00 e. The van der Waals surface area contributed by atoms with Gasteiger partial charge in [-0.3, -0.25) is 0 Å². The first-order chi connectivity index (χ1) is 2.00.